The van der Waals surface area contributed by atoms with Crippen molar-refractivity contribution in [3.8, 4) is 0 Å². The normalized spacial score (nSPS) is 12.0. The van der Waals surface area contributed by atoms with E-state index in [4.69, 9.17) is 0 Å². The van der Waals surface area contributed by atoms with E-state index < -0.39 is 0 Å². The lowest BCUT2D eigenvalue weighted by Gasteiger charge is -2.20. The Bertz CT molecular complexity index is 654. The van der Waals surface area contributed by atoms with Crippen LogP contribution in [-0.4, -0.2) is 11.7 Å². The molecule has 1 atom stereocenters. The molecule has 0 bridgehead atoms. The molecule has 0 aliphatic rings. The molecule has 2 nitrogen and oxygen atoms in total. The molecule has 2 aromatic rings. The van der Waals surface area contributed by atoms with Gasteiger partial charge < -0.3 is 5.32 Å². The first-order chi connectivity index (χ1) is 11.6. The summed E-state index contributed by atoms with van der Waals surface area (Å²) in [6.45, 7) is 6.33. The molecule has 1 unspecified atom stereocenters. The quantitative estimate of drug-likeness (QED) is 0.669. The fourth-order valence-corrected chi connectivity index (χ4v) is 3.71. The number of hydrogen-bond acceptors (Lipinski definition) is 2. The largest absolute Gasteiger partial charge is 0.349 e. The minimum Gasteiger partial charge on any atom is -0.349 e. The van der Waals surface area contributed by atoms with E-state index in [1.807, 2.05) is 17.8 Å². The molecule has 24 heavy (non-hydrogen) atoms. The third kappa shape index (κ3) is 5.72. The topological polar surface area (TPSA) is 29.1 Å². The van der Waals surface area contributed by atoms with Gasteiger partial charge in [0, 0.05) is 17.9 Å². The standard InChI is InChI=1S/C21H27NOS/c1-4-20(19-11-10-16(2)14-17(19)3)22-21(23)12-13-24-15-18-8-6-5-7-9-18/h5-11,14,20H,4,12-13,15H2,1-3H3,(H,22,23). The zero-order chi connectivity index (χ0) is 17.4. The van der Waals surface area contributed by atoms with Gasteiger partial charge in [-0.25, -0.2) is 0 Å². The van der Waals surface area contributed by atoms with Gasteiger partial charge in [0.25, 0.3) is 0 Å². The molecule has 1 N–H and O–H groups in total. The van der Waals surface area contributed by atoms with Gasteiger partial charge in [-0.3, -0.25) is 4.79 Å². The number of aryl methyl sites for hydroxylation is 2. The Balaban J connectivity index is 1.79. The average Bonchev–Trinajstić information content (AvgIpc) is 2.58. The first-order valence-corrected chi connectivity index (χ1v) is 9.73. The zero-order valence-electron chi connectivity index (χ0n) is 14.8. The predicted molar refractivity (Wildman–Crippen MR) is 104 cm³/mol. The summed E-state index contributed by atoms with van der Waals surface area (Å²) in [5, 5.41) is 3.19. The molecule has 0 aliphatic heterocycles. The van der Waals surface area contributed by atoms with Crippen molar-refractivity contribution in [3.63, 3.8) is 0 Å². The van der Waals surface area contributed by atoms with Crippen LogP contribution < -0.4 is 5.32 Å². The van der Waals surface area contributed by atoms with Gasteiger partial charge in [0.15, 0.2) is 0 Å². The molecule has 0 heterocycles. The fourth-order valence-electron chi connectivity index (χ4n) is 2.81. The van der Waals surface area contributed by atoms with Crippen molar-refractivity contribution < 1.29 is 4.79 Å². The van der Waals surface area contributed by atoms with Gasteiger partial charge in [0.2, 0.25) is 5.91 Å². The van der Waals surface area contributed by atoms with Crippen molar-refractivity contribution in [2.45, 2.75) is 45.4 Å². The second-order valence-electron chi connectivity index (χ2n) is 6.18. The molecule has 0 fully saturated rings. The van der Waals surface area contributed by atoms with Gasteiger partial charge >= 0.3 is 0 Å². The monoisotopic (exact) mass is 341 g/mol. The fraction of sp³-hybridized carbons (Fsp3) is 0.381. The van der Waals surface area contributed by atoms with Gasteiger partial charge in [0.05, 0.1) is 6.04 Å². The molecule has 2 aromatic carbocycles. The highest BCUT2D eigenvalue weighted by Crippen LogP contribution is 2.22. The summed E-state index contributed by atoms with van der Waals surface area (Å²) in [5.41, 5.74) is 5.05. The third-order valence-corrected chi connectivity index (χ3v) is 5.16. The maximum atomic E-state index is 12.3. The minimum atomic E-state index is 0.109. The Morgan fingerprint density at radius 1 is 1.12 bits per heavy atom. The Kier molecular flexibility index (Phi) is 7.38. The molecule has 2 rings (SSSR count). The lowest BCUT2D eigenvalue weighted by Crippen LogP contribution is -2.28. The highest BCUT2D eigenvalue weighted by molar-refractivity contribution is 7.98. The zero-order valence-corrected chi connectivity index (χ0v) is 15.7. The smallest absolute Gasteiger partial charge is 0.221 e. The maximum absolute atomic E-state index is 12.3. The van der Waals surface area contributed by atoms with Crippen LogP contribution >= 0.6 is 11.8 Å². The lowest BCUT2D eigenvalue weighted by atomic mass is 9.97. The van der Waals surface area contributed by atoms with Crippen LogP contribution in [0.15, 0.2) is 48.5 Å². The molecule has 0 saturated carbocycles. The maximum Gasteiger partial charge on any atom is 0.221 e. The summed E-state index contributed by atoms with van der Waals surface area (Å²) in [7, 11) is 0. The SMILES string of the molecule is CCC(NC(=O)CCSCc1ccccc1)c1ccc(C)cc1C. The Labute approximate surface area is 150 Å². The van der Waals surface area contributed by atoms with E-state index in [1.165, 1.54) is 22.3 Å². The first kappa shape index (κ1) is 18.6. The van der Waals surface area contributed by atoms with Gasteiger partial charge in [-0.05, 0) is 37.0 Å². The van der Waals surface area contributed by atoms with Crippen LogP contribution in [0.25, 0.3) is 0 Å². The van der Waals surface area contributed by atoms with Crippen molar-refractivity contribution in [1.82, 2.24) is 5.32 Å². The molecule has 0 saturated heterocycles. The van der Waals surface area contributed by atoms with Crippen LogP contribution in [0.1, 0.15) is 48.1 Å². The lowest BCUT2D eigenvalue weighted by molar-refractivity contribution is -0.121. The Morgan fingerprint density at radius 3 is 2.54 bits per heavy atom. The summed E-state index contributed by atoms with van der Waals surface area (Å²) >= 11 is 1.81. The summed E-state index contributed by atoms with van der Waals surface area (Å²) in [6.07, 6.45) is 1.48. The summed E-state index contributed by atoms with van der Waals surface area (Å²) in [4.78, 5) is 12.3. The minimum absolute atomic E-state index is 0.109. The summed E-state index contributed by atoms with van der Waals surface area (Å²) < 4.78 is 0. The average molecular weight is 342 g/mol. The van der Waals surface area contributed by atoms with Crippen molar-refractivity contribution in [2.24, 2.45) is 0 Å². The van der Waals surface area contributed by atoms with Crippen molar-refractivity contribution in [3.05, 3.63) is 70.8 Å². The van der Waals surface area contributed by atoms with E-state index in [-0.39, 0.29) is 11.9 Å². The molecular formula is C21H27NOS. The predicted octanol–water partition coefficient (Wildman–Crippen LogP) is 5.19. The first-order valence-electron chi connectivity index (χ1n) is 8.58. The molecule has 0 aromatic heterocycles. The number of benzene rings is 2. The highest BCUT2D eigenvalue weighted by atomic mass is 32.2. The number of nitrogens with one attached hydrogen (secondary N) is 1. The molecule has 0 radical (unpaired) electrons. The molecule has 0 spiro atoms. The Hall–Kier alpha value is -1.74. The van der Waals surface area contributed by atoms with Crippen LogP contribution in [-0.2, 0) is 10.5 Å². The van der Waals surface area contributed by atoms with Gasteiger partial charge in [-0.1, -0.05) is 61.0 Å². The molecule has 1 amide bonds. The Morgan fingerprint density at radius 2 is 1.88 bits per heavy atom. The second kappa shape index (κ2) is 9.53. The van der Waals surface area contributed by atoms with Gasteiger partial charge in [-0.15, -0.1) is 0 Å². The van der Waals surface area contributed by atoms with E-state index in [9.17, 15) is 4.79 Å². The third-order valence-electron chi connectivity index (χ3n) is 4.13. The van der Waals surface area contributed by atoms with E-state index in [0.717, 1.165) is 17.9 Å². The summed E-state index contributed by atoms with van der Waals surface area (Å²) in [6, 6.07) is 16.9. The van der Waals surface area contributed by atoms with Crippen LogP contribution in [0.2, 0.25) is 0 Å². The molecule has 0 aliphatic carbocycles. The molecule has 3 heteroatoms. The summed E-state index contributed by atoms with van der Waals surface area (Å²) in [5.74, 6) is 1.95. The number of carbonyl (C=O) groups excluding carboxylic acids is 1. The van der Waals surface area contributed by atoms with Gasteiger partial charge in [0.1, 0.15) is 0 Å². The van der Waals surface area contributed by atoms with Crippen molar-refractivity contribution >= 4 is 17.7 Å². The molecule has 128 valence electrons. The number of hydrogen-bond donors (Lipinski definition) is 1. The number of thioether (sulfide) groups is 1. The highest BCUT2D eigenvalue weighted by Gasteiger charge is 2.14. The number of carbonyl (C=O) groups is 1. The van der Waals surface area contributed by atoms with Crippen molar-refractivity contribution in [2.75, 3.05) is 5.75 Å². The van der Waals surface area contributed by atoms with Crippen LogP contribution in [0.5, 0.6) is 0 Å². The van der Waals surface area contributed by atoms with Crippen LogP contribution in [0.4, 0.5) is 0 Å². The van der Waals surface area contributed by atoms with E-state index in [1.54, 1.807) is 0 Å². The van der Waals surface area contributed by atoms with Crippen LogP contribution in [0.3, 0.4) is 0 Å². The van der Waals surface area contributed by atoms with E-state index in [0.29, 0.717) is 6.42 Å². The van der Waals surface area contributed by atoms with E-state index in [2.05, 4.69) is 68.6 Å². The second-order valence-corrected chi connectivity index (χ2v) is 7.28. The number of amides is 1. The van der Waals surface area contributed by atoms with Crippen LogP contribution in [0, 0.1) is 13.8 Å². The van der Waals surface area contributed by atoms with E-state index >= 15 is 0 Å². The van der Waals surface area contributed by atoms with Gasteiger partial charge in [-0.2, -0.15) is 11.8 Å². The number of rotatable bonds is 8. The van der Waals surface area contributed by atoms with Crippen molar-refractivity contribution in [1.29, 1.82) is 0 Å². The molecular weight excluding hydrogens is 314 g/mol.